The third-order valence-corrected chi connectivity index (χ3v) is 5.38. The quantitative estimate of drug-likeness (QED) is 0.862. The largest absolute Gasteiger partial charge is 0.480 e. The second-order valence-electron chi connectivity index (χ2n) is 7.03. The Kier molecular flexibility index (Phi) is 5.62. The molecule has 4 heteroatoms. The van der Waals surface area contributed by atoms with Gasteiger partial charge in [-0.1, -0.05) is 32.9 Å². The van der Waals surface area contributed by atoms with Crippen molar-refractivity contribution < 1.29 is 14.7 Å². The summed E-state index contributed by atoms with van der Waals surface area (Å²) >= 11 is 0. The topological polar surface area (TPSA) is 57.6 Å². The molecule has 0 aliphatic heterocycles. The smallest absolute Gasteiger partial charge is 0.329 e. The molecule has 0 saturated heterocycles. The molecule has 0 aromatic heterocycles. The Morgan fingerprint density at radius 1 is 1.13 bits per heavy atom. The van der Waals surface area contributed by atoms with Crippen molar-refractivity contribution >= 4 is 11.9 Å². The van der Waals surface area contributed by atoms with Gasteiger partial charge in [0.2, 0.25) is 0 Å². The molecule has 1 rings (SSSR count). The van der Waals surface area contributed by atoms with Crippen LogP contribution in [0.25, 0.3) is 0 Å². The first-order valence-corrected chi connectivity index (χ1v) is 8.14. The van der Waals surface area contributed by atoms with Crippen molar-refractivity contribution in [1.82, 2.24) is 4.90 Å². The molecule has 128 valence electrons. The molecule has 0 saturated carbocycles. The van der Waals surface area contributed by atoms with Crippen LogP contribution in [0.5, 0.6) is 0 Å². The molecule has 1 N–H and O–H groups in total. The number of benzene rings is 1. The summed E-state index contributed by atoms with van der Waals surface area (Å²) in [6, 6.07) is 5.88. The molecular formula is C19H29NO3. The fourth-order valence-corrected chi connectivity index (χ4v) is 2.52. The van der Waals surface area contributed by atoms with E-state index in [1.165, 1.54) is 31.4 Å². The number of carboxylic acids is 1. The zero-order valence-corrected chi connectivity index (χ0v) is 15.4. The molecule has 1 amide bonds. The molecule has 0 heterocycles. The number of hydrogen-bond donors (Lipinski definition) is 1. The van der Waals surface area contributed by atoms with Crippen LogP contribution in [0, 0.1) is 6.92 Å². The van der Waals surface area contributed by atoms with Crippen LogP contribution in [0.15, 0.2) is 18.2 Å². The molecule has 23 heavy (non-hydrogen) atoms. The first-order chi connectivity index (χ1) is 10.5. The van der Waals surface area contributed by atoms with E-state index in [1.807, 2.05) is 19.1 Å². The highest BCUT2D eigenvalue weighted by Crippen LogP contribution is 2.32. The lowest BCUT2D eigenvalue weighted by Gasteiger charge is -2.32. The average Bonchev–Trinajstić information content (AvgIpc) is 2.52. The summed E-state index contributed by atoms with van der Waals surface area (Å²) in [5, 5.41) is 9.30. The second-order valence-corrected chi connectivity index (χ2v) is 7.03. The highest BCUT2D eigenvalue weighted by Gasteiger charge is 2.36. The minimum absolute atomic E-state index is 0.0958. The van der Waals surface area contributed by atoms with Gasteiger partial charge >= 0.3 is 5.97 Å². The third kappa shape index (κ3) is 3.57. The second kappa shape index (κ2) is 6.73. The van der Waals surface area contributed by atoms with Gasteiger partial charge in [-0.2, -0.15) is 0 Å². The lowest BCUT2D eigenvalue weighted by atomic mass is 9.77. The number of carboxylic acid groups (broad SMARTS) is 1. The fourth-order valence-electron chi connectivity index (χ4n) is 2.52. The number of aliphatic carboxylic acids is 1. The van der Waals surface area contributed by atoms with Crippen molar-refractivity contribution in [2.24, 2.45) is 0 Å². The average molecular weight is 319 g/mol. The van der Waals surface area contributed by atoms with Crippen molar-refractivity contribution in [3.05, 3.63) is 34.9 Å². The maximum absolute atomic E-state index is 12.7. The molecular weight excluding hydrogens is 290 g/mol. The van der Waals surface area contributed by atoms with Gasteiger partial charge in [0.1, 0.15) is 5.54 Å². The van der Waals surface area contributed by atoms with Crippen LogP contribution in [-0.4, -0.2) is 34.5 Å². The van der Waals surface area contributed by atoms with E-state index < -0.39 is 11.5 Å². The van der Waals surface area contributed by atoms with Crippen molar-refractivity contribution in [2.75, 3.05) is 7.05 Å². The van der Waals surface area contributed by atoms with Crippen LogP contribution in [0.4, 0.5) is 0 Å². The number of carbonyl (C=O) groups is 2. The SMILES string of the molecule is CCC(C)(CC)c1ccc(C(=O)N(C)C(C)(C)C(=O)O)c(C)c1. The number of aryl methyl sites for hydroxylation is 1. The summed E-state index contributed by atoms with van der Waals surface area (Å²) < 4.78 is 0. The van der Waals surface area contributed by atoms with E-state index in [0.29, 0.717) is 5.56 Å². The van der Waals surface area contributed by atoms with E-state index in [2.05, 4.69) is 26.8 Å². The number of rotatable bonds is 6. The minimum atomic E-state index is -1.25. The molecule has 0 unspecified atom stereocenters. The number of likely N-dealkylation sites (N-methyl/N-ethyl adjacent to an activating group) is 1. The third-order valence-electron chi connectivity index (χ3n) is 5.38. The van der Waals surface area contributed by atoms with E-state index in [0.717, 1.165) is 18.4 Å². The molecule has 0 aliphatic carbocycles. The molecule has 1 aromatic rings. The van der Waals surface area contributed by atoms with Crippen LogP contribution >= 0.6 is 0 Å². The maximum Gasteiger partial charge on any atom is 0.329 e. The first-order valence-electron chi connectivity index (χ1n) is 8.14. The Bertz CT molecular complexity index is 601. The highest BCUT2D eigenvalue weighted by atomic mass is 16.4. The lowest BCUT2D eigenvalue weighted by Crippen LogP contribution is -2.50. The highest BCUT2D eigenvalue weighted by molar-refractivity contribution is 5.98. The summed E-state index contributed by atoms with van der Waals surface area (Å²) in [7, 11) is 1.53. The van der Waals surface area contributed by atoms with E-state index in [4.69, 9.17) is 0 Å². The first kappa shape index (κ1) is 19.2. The fraction of sp³-hybridized carbons (Fsp3) is 0.579. The van der Waals surface area contributed by atoms with Gasteiger partial charge in [0.25, 0.3) is 5.91 Å². The zero-order chi connectivity index (χ0) is 18.0. The molecule has 0 aliphatic rings. The number of amides is 1. The monoisotopic (exact) mass is 319 g/mol. The van der Waals surface area contributed by atoms with E-state index in [1.54, 1.807) is 0 Å². The number of nitrogens with zero attached hydrogens (tertiary/aromatic N) is 1. The van der Waals surface area contributed by atoms with Crippen molar-refractivity contribution in [1.29, 1.82) is 0 Å². The predicted molar refractivity (Wildman–Crippen MR) is 92.9 cm³/mol. The number of hydrogen-bond acceptors (Lipinski definition) is 2. The van der Waals surface area contributed by atoms with Crippen LogP contribution in [0.3, 0.4) is 0 Å². The van der Waals surface area contributed by atoms with Crippen LogP contribution in [0.1, 0.15) is 68.9 Å². The Labute approximate surface area is 139 Å². The molecule has 4 nitrogen and oxygen atoms in total. The Hall–Kier alpha value is -1.84. The van der Waals surface area contributed by atoms with Crippen molar-refractivity contribution in [3.63, 3.8) is 0 Å². The van der Waals surface area contributed by atoms with Crippen LogP contribution < -0.4 is 0 Å². The molecule has 0 fully saturated rings. The van der Waals surface area contributed by atoms with Gasteiger partial charge < -0.3 is 10.0 Å². The van der Waals surface area contributed by atoms with E-state index in [9.17, 15) is 14.7 Å². The Balaban J connectivity index is 3.22. The van der Waals surface area contributed by atoms with Gasteiger partial charge in [-0.15, -0.1) is 0 Å². The Morgan fingerprint density at radius 2 is 1.65 bits per heavy atom. The minimum Gasteiger partial charge on any atom is -0.480 e. The molecule has 0 radical (unpaired) electrons. The molecule has 0 atom stereocenters. The van der Waals surface area contributed by atoms with Gasteiger partial charge in [-0.3, -0.25) is 4.79 Å². The summed E-state index contributed by atoms with van der Waals surface area (Å²) in [5.41, 5.74) is 1.51. The van der Waals surface area contributed by atoms with Gasteiger partial charge in [0, 0.05) is 12.6 Å². The molecule has 1 aromatic carbocycles. The Morgan fingerprint density at radius 3 is 2.04 bits per heavy atom. The van der Waals surface area contributed by atoms with Gasteiger partial charge in [0.05, 0.1) is 0 Å². The maximum atomic E-state index is 12.7. The van der Waals surface area contributed by atoms with Crippen LogP contribution in [-0.2, 0) is 10.2 Å². The summed E-state index contributed by atoms with van der Waals surface area (Å²) in [5.74, 6) is -1.29. The summed E-state index contributed by atoms with van der Waals surface area (Å²) in [6.07, 6.45) is 2.06. The van der Waals surface area contributed by atoms with E-state index in [-0.39, 0.29) is 11.3 Å². The van der Waals surface area contributed by atoms with Gasteiger partial charge in [0.15, 0.2) is 0 Å². The van der Waals surface area contributed by atoms with Gasteiger partial charge in [-0.05, 0) is 56.2 Å². The number of carbonyl (C=O) groups excluding carboxylic acids is 1. The lowest BCUT2D eigenvalue weighted by molar-refractivity contribution is -0.147. The van der Waals surface area contributed by atoms with Gasteiger partial charge in [-0.25, -0.2) is 4.79 Å². The molecule has 0 bridgehead atoms. The summed E-state index contributed by atoms with van der Waals surface area (Å²) in [6.45, 7) is 11.5. The normalized spacial score (nSPS) is 12.1. The predicted octanol–water partition coefficient (Wildman–Crippen LogP) is 4.01. The zero-order valence-electron chi connectivity index (χ0n) is 15.4. The van der Waals surface area contributed by atoms with Crippen LogP contribution in [0.2, 0.25) is 0 Å². The standard InChI is InChI=1S/C19H29NO3/c1-8-19(6,9-2)14-10-11-15(13(3)12-14)16(21)20(7)18(4,5)17(22)23/h10-12H,8-9H2,1-7H3,(H,22,23). The van der Waals surface area contributed by atoms with Crippen molar-refractivity contribution in [3.8, 4) is 0 Å². The van der Waals surface area contributed by atoms with E-state index >= 15 is 0 Å². The molecule has 0 spiro atoms. The summed E-state index contributed by atoms with van der Waals surface area (Å²) in [4.78, 5) is 25.3. The van der Waals surface area contributed by atoms with Crippen molar-refractivity contribution in [2.45, 2.75) is 65.3 Å².